The monoisotopic (exact) mass is 460 g/mol. The number of hydrogen-bond acceptors (Lipinski definition) is 5. The first-order valence-electron chi connectivity index (χ1n) is 9.78. The molecule has 1 aromatic carbocycles. The highest BCUT2D eigenvalue weighted by molar-refractivity contribution is 8.27. The minimum atomic E-state index is -0.459. The molecule has 0 saturated heterocycles. The number of para-hydroxylation sites is 1. The fraction of sp³-hybridized carbons (Fsp3) is 0.0870. The summed E-state index contributed by atoms with van der Waals surface area (Å²) in [4.78, 5) is 21.1. The van der Waals surface area contributed by atoms with Crippen LogP contribution < -0.4 is 0 Å². The summed E-state index contributed by atoms with van der Waals surface area (Å²) in [5.74, 6) is -0.465. The quantitative estimate of drug-likeness (QED) is 0.568. The zero-order valence-electron chi connectivity index (χ0n) is 17.2. The van der Waals surface area contributed by atoms with Gasteiger partial charge in [0.15, 0.2) is 5.84 Å². The van der Waals surface area contributed by atoms with Gasteiger partial charge < -0.3 is 4.57 Å². The molecule has 0 atom stereocenters. The topological polar surface area (TPSA) is 86.7 Å². The molecule has 2 aliphatic rings. The molecule has 0 bridgehead atoms. The van der Waals surface area contributed by atoms with Crippen LogP contribution in [-0.2, 0) is 4.79 Å². The molecular formula is C23H17ClN6OS. The molecule has 0 radical (unpaired) electrons. The van der Waals surface area contributed by atoms with E-state index in [-0.39, 0.29) is 11.4 Å². The van der Waals surface area contributed by atoms with Crippen LogP contribution in [0.1, 0.15) is 22.5 Å². The number of rotatable bonds is 3. The molecular weight excluding hydrogens is 444 g/mol. The van der Waals surface area contributed by atoms with Gasteiger partial charge in [-0.15, -0.1) is 0 Å². The van der Waals surface area contributed by atoms with Crippen molar-refractivity contribution in [1.29, 1.82) is 5.41 Å². The van der Waals surface area contributed by atoms with Crippen molar-refractivity contribution in [1.82, 2.24) is 14.6 Å². The molecule has 0 aliphatic carbocycles. The molecule has 5 rings (SSSR count). The van der Waals surface area contributed by atoms with Crippen LogP contribution in [0.25, 0.3) is 11.8 Å². The lowest BCUT2D eigenvalue weighted by molar-refractivity contribution is -0.114. The summed E-state index contributed by atoms with van der Waals surface area (Å²) in [5.41, 5.74) is 4.55. The molecule has 4 heterocycles. The van der Waals surface area contributed by atoms with Gasteiger partial charge in [-0.3, -0.25) is 15.2 Å². The number of hydrazone groups is 1. The van der Waals surface area contributed by atoms with Crippen molar-refractivity contribution in [3.63, 3.8) is 0 Å². The first-order chi connectivity index (χ1) is 15.4. The van der Waals surface area contributed by atoms with Crippen molar-refractivity contribution < 1.29 is 4.79 Å². The van der Waals surface area contributed by atoms with Gasteiger partial charge in [0.1, 0.15) is 5.04 Å². The van der Waals surface area contributed by atoms with Gasteiger partial charge in [0.2, 0.25) is 5.17 Å². The highest BCUT2D eigenvalue weighted by Gasteiger charge is 2.36. The van der Waals surface area contributed by atoms with Gasteiger partial charge in [-0.25, -0.2) is 0 Å². The van der Waals surface area contributed by atoms with Crippen LogP contribution in [0.3, 0.4) is 0 Å². The molecule has 3 aromatic rings. The van der Waals surface area contributed by atoms with Crippen molar-refractivity contribution in [2.24, 2.45) is 10.1 Å². The molecule has 0 fully saturated rings. The Balaban J connectivity index is 1.53. The van der Waals surface area contributed by atoms with Crippen LogP contribution in [-0.4, -0.2) is 36.5 Å². The summed E-state index contributed by atoms with van der Waals surface area (Å²) >= 11 is 7.66. The van der Waals surface area contributed by atoms with Gasteiger partial charge in [-0.05, 0) is 67.6 Å². The zero-order chi connectivity index (χ0) is 22.4. The van der Waals surface area contributed by atoms with Crippen LogP contribution in [0.4, 0.5) is 0 Å². The smallest absolute Gasteiger partial charge is 0.283 e. The third-order valence-corrected chi connectivity index (χ3v) is 6.50. The number of amides is 1. The van der Waals surface area contributed by atoms with Crippen molar-refractivity contribution in [2.45, 2.75) is 13.8 Å². The largest absolute Gasteiger partial charge is 0.316 e. The third kappa shape index (κ3) is 3.37. The first kappa shape index (κ1) is 20.4. The minimum Gasteiger partial charge on any atom is -0.316 e. The Morgan fingerprint density at radius 2 is 1.97 bits per heavy atom. The number of aliphatic imine (C=N–C) groups is 1. The lowest BCUT2D eigenvalue weighted by atomic mass is 10.1. The number of halogens is 1. The highest BCUT2D eigenvalue weighted by atomic mass is 35.5. The Kier molecular flexibility index (Phi) is 5.03. The fourth-order valence-corrected chi connectivity index (χ4v) is 4.79. The fourth-order valence-electron chi connectivity index (χ4n) is 3.69. The van der Waals surface area contributed by atoms with E-state index in [0.29, 0.717) is 15.2 Å². The average molecular weight is 461 g/mol. The lowest BCUT2D eigenvalue weighted by Gasteiger charge is -2.20. The highest BCUT2D eigenvalue weighted by Crippen LogP contribution is 2.32. The van der Waals surface area contributed by atoms with E-state index in [4.69, 9.17) is 17.0 Å². The normalized spacial score (nSPS) is 17.0. The number of thioether (sulfide) groups is 1. The second kappa shape index (κ2) is 7.89. The second-order valence-corrected chi connectivity index (χ2v) is 8.64. The van der Waals surface area contributed by atoms with E-state index in [9.17, 15) is 4.79 Å². The van der Waals surface area contributed by atoms with Crippen LogP contribution in [0.2, 0.25) is 5.02 Å². The number of fused-ring (bicyclic) bond motifs is 1. The van der Waals surface area contributed by atoms with Crippen LogP contribution in [0.5, 0.6) is 0 Å². The van der Waals surface area contributed by atoms with Gasteiger partial charge in [0.05, 0.1) is 16.3 Å². The van der Waals surface area contributed by atoms with Crippen LogP contribution in [0, 0.1) is 19.3 Å². The Morgan fingerprint density at radius 1 is 1.16 bits per heavy atom. The van der Waals surface area contributed by atoms with E-state index in [1.54, 1.807) is 18.5 Å². The number of carbonyl (C=O) groups excluding carboxylic acids is 1. The molecule has 0 spiro atoms. The maximum atomic E-state index is 12.8. The Labute approximate surface area is 193 Å². The molecule has 32 heavy (non-hydrogen) atoms. The number of benzene rings is 1. The van der Waals surface area contributed by atoms with Crippen LogP contribution in [0.15, 0.2) is 70.5 Å². The van der Waals surface area contributed by atoms with E-state index in [2.05, 4.69) is 15.1 Å². The summed E-state index contributed by atoms with van der Waals surface area (Å²) < 4.78 is 2.03. The summed E-state index contributed by atoms with van der Waals surface area (Å²) in [7, 11) is 0. The summed E-state index contributed by atoms with van der Waals surface area (Å²) in [6.45, 7) is 3.93. The molecule has 2 aliphatic heterocycles. The third-order valence-electron chi connectivity index (χ3n) is 5.23. The van der Waals surface area contributed by atoms with Gasteiger partial charge in [0.25, 0.3) is 5.91 Å². The number of nitrogens with zero attached hydrogens (tertiary/aromatic N) is 5. The minimum absolute atomic E-state index is 0.00561. The number of carbonyl (C=O) groups is 1. The maximum Gasteiger partial charge on any atom is 0.283 e. The van der Waals surface area contributed by atoms with Crippen molar-refractivity contribution in [3.8, 4) is 5.69 Å². The maximum absolute atomic E-state index is 12.8. The number of aromatic nitrogens is 2. The predicted molar refractivity (Wildman–Crippen MR) is 129 cm³/mol. The number of amidine groups is 2. The summed E-state index contributed by atoms with van der Waals surface area (Å²) in [6, 6.07) is 13.3. The molecule has 0 saturated carbocycles. The van der Waals surface area contributed by atoms with E-state index in [1.165, 1.54) is 16.8 Å². The number of hydrogen-bond donors (Lipinski definition) is 1. The number of pyridine rings is 1. The zero-order valence-corrected chi connectivity index (χ0v) is 18.8. The Hall–Kier alpha value is -3.49. The van der Waals surface area contributed by atoms with E-state index in [1.807, 2.05) is 60.9 Å². The molecule has 2 aromatic heterocycles. The van der Waals surface area contributed by atoms with Gasteiger partial charge in [-0.1, -0.05) is 23.7 Å². The molecule has 158 valence electrons. The molecule has 7 nitrogen and oxygen atoms in total. The average Bonchev–Trinajstić information content (AvgIpc) is 3.33. The summed E-state index contributed by atoms with van der Waals surface area (Å²) in [5, 5.41) is 16.2. The van der Waals surface area contributed by atoms with E-state index in [0.717, 1.165) is 28.2 Å². The first-order valence-corrected chi connectivity index (χ1v) is 11.0. The van der Waals surface area contributed by atoms with Crippen molar-refractivity contribution in [3.05, 3.63) is 88.0 Å². The Bertz CT molecular complexity index is 1370. The van der Waals surface area contributed by atoms with Crippen molar-refractivity contribution >= 4 is 51.4 Å². The molecule has 1 N–H and O–H groups in total. The molecule has 1 amide bonds. The van der Waals surface area contributed by atoms with Gasteiger partial charge >= 0.3 is 0 Å². The molecule has 0 unspecified atom stereocenters. The SMILES string of the molecule is Cc1cc(/C=C2/C(=N)N3N=C(c4cccnc4)SC3=NC2=O)c(C)n1-c1ccccc1Cl. The molecule has 9 heteroatoms. The van der Waals surface area contributed by atoms with Gasteiger partial charge in [-0.2, -0.15) is 15.1 Å². The Morgan fingerprint density at radius 3 is 2.72 bits per heavy atom. The second-order valence-electron chi connectivity index (χ2n) is 7.28. The predicted octanol–water partition coefficient (Wildman–Crippen LogP) is 4.81. The van der Waals surface area contributed by atoms with Crippen LogP contribution >= 0.6 is 23.4 Å². The number of aryl methyl sites for hydroxylation is 1. The number of nitrogens with one attached hydrogen (secondary N) is 1. The lowest BCUT2D eigenvalue weighted by Crippen LogP contribution is -2.35. The van der Waals surface area contributed by atoms with Gasteiger partial charge in [0, 0.05) is 29.3 Å². The standard InChI is InChI=1S/C23H17ClN6OS/c1-13-10-16(14(2)29(13)19-8-4-3-7-18(19)24)11-17-20(25)30-23(27-21(17)31)32-22(28-30)15-6-5-9-26-12-15/h3-12,25H,1-2H3/b17-11-,25-20?. The van der Waals surface area contributed by atoms with E-state index < -0.39 is 5.91 Å². The van der Waals surface area contributed by atoms with E-state index >= 15 is 0 Å². The summed E-state index contributed by atoms with van der Waals surface area (Å²) in [6.07, 6.45) is 5.07. The van der Waals surface area contributed by atoms with Crippen molar-refractivity contribution in [2.75, 3.05) is 0 Å².